The Morgan fingerprint density at radius 1 is 1.38 bits per heavy atom. The molecular weight excluding hydrogens is 475 g/mol. The first-order valence-electron chi connectivity index (χ1n) is 8.19. The second-order valence-electron chi connectivity index (χ2n) is 6.56. The van der Waals surface area contributed by atoms with E-state index in [0.717, 1.165) is 21.4 Å². The molecule has 0 radical (unpaired) electrons. The molecule has 2 unspecified atom stereocenters. The van der Waals surface area contributed by atoms with Crippen molar-refractivity contribution in [3.8, 4) is 0 Å². The fourth-order valence-corrected chi connectivity index (χ4v) is 5.20. The summed E-state index contributed by atoms with van der Waals surface area (Å²) in [4.78, 5) is 12.6. The van der Waals surface area contributed by atoms with Gasteiger partial charge in [0.1, 0.15) is 5.69 Å². The molecule has 4 rings (SSSR count). The van der Waals surface area contributed by atoms with Gasteiger partial charge in [-0.15, -0.1) is 0 Å². The average molecular weight is 490 g/mol. The smallest absolute Gasteiger partial charge is 0.282 e. The number of aryl methyl sites for hydroxylation is 1. The maximum Gasteiger partial charge on any atom is 0.282 e. The zero-order valence-corrected chi connectivity index (χ0v) is 16.7. The van der Waals surface area contributed by atoms with E-state index >= 15 is 0 Å². The normalized spacial score (nSPS) is 22.7. The van der Waals surface area contributed by atoms with Crippen LogP contribution in [-0.4, -0.2) is 15.7 Å². The third-order valence-electron chi connectivity index (χ3n) is 5.13. The summed E-state index contributed by atoms with van der Waals surface area (Å²) in [5.74, 6) is -0.110. The zero-order valence-electron chi connectivity index (χ0n) is 13.8. The Morgan fingerprint density at radius 2 is 2.12 bits per heavy atom. The van der Waals surface area contributed by atoms with E-state index < -0.39 is 18.0 Å². The summed E-state index contributed by atoms with van der Waals surface area (Å²) < 4.78 is 28.3. The highest BCUT2D eigenvalue weighted by molar-refractivity contribution is 14.1. The molecule has 8 heteroatoms. The van der Waals surface area contributed by atoms with Crippen LogP contribution >= 0.6 is 34.2 Å². The van der Waals surface area contributed by atoms with E-state index in [1.165, 1.54) is 29.1 Å². The van der Waals surface area contributed by atoms with Crippen molar-refractivity contribution in [1.29, 1.82) is 0 Å². The highest BCUT2D eigenvalue weighted by atomic mass is 127. The Morgan fingerprint density at radius 3 is 2.81 bits per heavy atom. The summed E-state index contributed by atoms with van der Waals surface area (Å²) in [6.07, 6.45) is 0.539. The topological polar surface area (TPSA) is 46.9 Å². The molecular formula is C18H15ClF2IN3O. The SMILES string of the molecule is Cn1cc(C(=O)Nc2cccc3c2C2CCC3/C2=C(/Cl)I)c(C(F)F)n1. The second-order valence-corrected chi connectivity index (χ2v) is 8.66. The number of amides is 1. The molecule has 4 nitrogen and oxygen atoms in total. The average Bonchev–Trinajstić information content (AvgIpc) is 3.26. The summed E-state index contributed by atoms with van der Waals surface area (Å²) in [5, 5.41) is 6.52. The Bertz CT molecular complexity index is 937. The predicted molar refractivity (Wildman–Crippen MR) is 104 cm³/mol. The number of alkyl halides is 2. The number of anilines is 1. The number of benzene rings is 1. The molecule has 2 aliphatic rings. The molecule has 2 bridgehead atoms. The first-order chi connectivity index (χ1) is 12.4. The number of nitrogens with one attached hydrogen (secondary N) is 1. The number of aromatic nitrogens is 2. The quantitative estimate of drug-likeness (QED) is 0.581. The molecule has 2 atom stereocenters. The van der Waals surface area contributed by atoms with E-state index in [9.17, 15) is 13.6 Å². The number of allylic oxidation sites excluding steroid dienone is 1. The van der Waals surface area contributed by atoms with Crippen LogP contribution in [0.15, 0.2) is 33.0 Å². The highest BCUT2D eigenvalue weighted by Gasteiger charge is 2.44. The maximum absolute atomic E-state index is 13.1. The molecule has 2 aromatic rings. The third kappa shape index (κ3) is 2.76. The van der Waals surface area contributed by atoms with Crippen LogP contribution in [0.1, 0.15) is 58.3 Å². The summed E-state index contributed by atoms with van der Waals surface area (Å²) in [6, 6.07) is 5.75. The Kier molecular flexibility index (Phi) is 4.54. The van der Waals surface area contributed by atoms with Gasteiger partial charge in [-0.2, -0.15) is 5.10 Å². The van der Waals surface area contributed by atoms with Crippen molar-refractivity contribution in [1.82, 2.24) is 9.78 Å². The number of rotatable bonds is 3. The van der Waals surface area contributed by atoms with Gasteiger partial charge >= 0.3 is 0 Å². The summed E-state index contributed by atoms with van der Waals surface area (Å²) in [6.45, 7) is 0. The van der Waals surface area contributed by atoms with Crippen LogP contribution in [0.2, 0.25) is 0 Å². The maximum atomic E-state index is 13.1. The molecule has 1 aromatic heterocycles. The minimum atomic E-state index is -2.80. The molecule has 1 amide bonds. The number of fused-ring (bicyclic) bond motifs is 5. The van der Waals surface area contributed by atoms with E-state index in [4.69, 9.17) is 11.6 Å². The van der Waals surface area contributed by atoms with Crippen molar-refractivity contribution in [3.63, 3.8) is 0 Å². The van der Waals surface area contributed by atoms with Crippen LogP contribution in [0.3, 0.4) is 0 Å². The van der Waals surface area contributed by atoms with E-state index in [1.54, 1.807) is 0 Å². The lowest BCUT2D eigenvalue weighted by Crippen LogP contribution is -2.16. The van der Waals surface area contributed by atoms with Crippen molar-refractivity contribution in [2.24, 2.45) is 7.05 Å². The van der Waals surface area contributed by atoms with Gasteiger partial charge in [0.15, 0.2) is 0 Å². The number of carbonyl (C=O) groups excluding carboxylic acids is 1. The fourth-order valence-electron chi connectivity index (χ4n) is 4.19. The van der Waals surface area contributed by atoms with E-state index in [-0.39, 0.29) is 17.4 Å². The molecule has 26 heavy (non-hydrogen) atoms. The monoisotopic (exact) mass is 489 g/mol. The lowest BCUT2D eigenvalue weighted by atomic mass is 9.90. The number of hydrogen-bond acceptors (Lipinski definition) is 2. The van der Waals surface area contributed by atoms with Gasteiger partial charge in [0, 0.05) is 30.8 Å². The van der Waals surface area contributed by atoms with E-state index in [2.05, 4.69) is 39.1 Å². The van der Waals surface area contributed by atoms with Crippen molar-refractivity contribution in [3.05, 3.63) is 55.4 Å². The minimum absolute atomic E-state index is 0.106. The number of nitrogens with zero attached hydrogens (tertiary/aromatic N) is 2. The van der Waals surface area contributed by atoms with Crippen LogP contribution in [0.4, 0.5) is 14.5 Å². The Balaban J connectivity index is 1.71. The molecule has 1 saturated carbocycles. The van der Waals surface area contributed by atoms with Gasteiger partial charge in [0.05, 0.1) is 8.60 Å². The van der Waals surface area contributed by atoms with E-state index in [0.29, 0.717) is 5.69 Å². The van der Waals surface area contributed by atoms with Crippen LogP contribution in [0.25, 0.3) is 0 Å². The van der Waals surface area contributed by atoms with Crippen LogP contribution < -0.4 is 5.32 Å². The zero-order chi connectivity index (χ0) is 18.6. The van der Waals surface area contributed by atoms with Gasteiger partial charge in [-0.3, -0.25) is 9.48 Å². The number of hydrogen-bond donors (Lipinski definition) is 1. The summed E-state index contributed by atoms with van der Waals surface area (Å²) in [5.41, 5.74) is 3.49. The van der Waals surface area contributed by atoms with Crippen molar-refractivity contribution >= 4 is 45.8 Å². The largest absolute Gasteiger partial charge is 0.322 e. The van der Waals surface area contributed by atoms with Gasteiger partial charge < -0.3 is 5.32 Å². The van der Waals surface area contributed by atoms with E-state index in [1.807, 2.05) is 12.1 Å². The minimum Gasteiger partial charge on any atom is -0.322 e. The fraction of sp³-hybridized carbons (Fsp3) is 0.333. The van der Waals surface area contributed by atoms with Crippen molar-refractivity contribution in [2.75, 3.05) is 5.32 Å². The standard InChI is InChI=1S/C18H15ClF2IN3O/c1-25-7-11(15(24-25)17(20)21)18(26)23-12-4-2-3-8-9-5-6-10(13(8)12)14(9)16(19)22/h2-4,7,9-10,17H,5-6H2,1H3,(H,23,26)/b16-14+. The first-order valence-corrected chi connectivity index (χ1v) is 9.65. The first kappa shape index (κ1) is 17.9. The molecule has 2 aliphatic carbocycles. The second kappa shape index (κ2) is 6.60. The molecule has 136 valence electrons. The van der Waals surface area contributed by atoms with Crippen LogP contribution in [0, 0.1) is 0 Å². The highest BCUT2D eigenvalue weighted by Crippen LogP contribution is 2.60. The van der Waals surface area contributed by atoms with Gasteiger partial charge in [-0.05, 0) is 58.2 Å². The van der Waals surface area contributed by atoms with Gasteiger partial charge in [-0.1, -0.05) is 23.7 Å². The lowest BCUT2D eigenvalue weighted by Gasteiger charge is -2.18. The summed E-state index contributed by atoms with van der Waals surface area (Å²) >= 11 is 8.44. The predicted octanol–water partition coefficient (Wildman–Crippen LogP) is 5.47. The summed E-state index contributed by atoms with van der Waals surface area (Å²) in [7, 11) is 1.52. The number of halogens is 4. The molecule has 1 N–H and O–H groups in total. The number of carbonyl (C=O) groups is 1. The van der Waals surface area contributed by atoms with Gasteiger partial charge in [-0.25, -0.2) is 8.78 Å². The molecule has 0 saturated heterocycles. The van der Waals surface area contributed by atoms with Crippen LogP contribution in [-0.2, 0) is 7.05 Å². The van der Waals surface area contributed by atoms with Gasteiger partial charge in [0.2, 0.25) is 0 Å². The molecule has 0 aliphatic heterocycles. The van der Waals surface area contributed by atoms with Crippen LogP contribution in [0.5, 0.6) is 0 Å². The molecule has 0 spiro atoms. The lowest BCUT2D eigenvalue weighted by molar-refractivity contribution is 0.101. The van der Waals surface area contributed by atoms with Crippen molar-refractivity contribution in [2.45, 2.75) is 31.1 Å². The molecule has 1 aromatic carbocycles. The molecule has 1 heterocycles. The van der Waals surface area contributed by atoms with Crippen molar-refractivity contribution < 1.29 is 13.6 Å². The Hall–Kier alpha value is -1.48. The third-order valence-corrected chi connectivity index (χ3v) is 5.97. The van der Waals surface area contributed by atoms with Gasteiger partial charge in [0.25, 0.3) is 12.3 Å². The molecule has 1 fully saturated rings. The Labute approximate surface area is 167 Å².